The summed E-state index contributed by atoms with van der Waals surface area (Å²) in [4.78, 5) is 4.17. The Morgan fingerprint density at radius 1 is 1.38 bits per heavy atom. The number of halogens is 2. The highest BCUT2D eigenvalue weighted by molar-refractivity contribution is 14.1. The molecule has 0 aliphatic carbocycles. The Hall–Kier alpha value is -0.550. The molecule has 2 nitrogen and oxygen atoms in total. The molecule has 2 aromatic rings. The van der Waals surface area contributed by atoms with E-state index in [0.717, 1.165) is 14.5 Å². The normalized spacial score (nSPS) is 10.6. The number of nitrogens with zero attached hydrogens (tertiary/aromatic N) is 1. The van der Waals surface area contributed by atoms with Crippen LogP contribution in [0.4, 0.5) is 5.69 Å². The van der Waals surface area contributed by atoms with Crippen molar-refractivity contribution >= 4 is 50.8 Å². The lowest BCUT2D eigenvalue weighted by Crippen LogP contribution is -1.89. The van der Waals surface area contributed by atoms with Crippen molar-refractivity contribution < 1.29 is 0 Å². The number of benzene rings is 1. The van der Waals surface area contributed by atoms with Gasteiger partial charge in [-0.3, -0.25) is 4.98 Å². The second-order valence-corrected chi connectivity index (χ2v) is 4.31. The third-order valence-corrected chi connectivity index (χ3v) is 2.88. The summed E-state index contributed by atoms with van der Waals surface area (Å²) in [6.07, 6.45) is 1.58. The quantitative estimate of drug-likeness (QED) is 0.760. The first kappa shape index (κ1) is 9.02. The minimum atomic E-state index is 0.524. The van der Waals surface area contributed by atoms with Gasteiger partial charge in [0.15, 0.2) is 0 Å². The van der Waals surface area contributed by atoms with Gasteiger partial charge in [-0.15, -0.1) is 0 Å². The molecule has 0 amide bonds. The topological polar surface area (TPSA) is 38.9 Å². The van der Waals surface area contributed by atoms with Gasteiger partial charge in [0.05, 0.1) is 22.4 Å². The first-order chi connectivity index (χ1) is 6.18. The van der Waals surface area contributed by atoms with Crippen LogP contribution < -0.4 is 5.73 Å². The fourth-order valence-electron chi connectivity index (χ4n) is 1.15. The Labute approximate surface area is 94.2 Å². The molecule has 1 heterocycles. The van der Waals surface area contributed by atoms with Crippen molar-refractivity contribution in [3.8, 4) is 0 Å². The minimum absolute atomic E-state index is 0.524. The number of nitrogen functional groups attached to an aromatic ring is 1. The van der Waals surface area contributed by atoms with Crippen LogP contribution in [0.5, 0.6) is 0 Å². The van der Waals surface area contributed by atoms with Gasteiger partial charge in [-0.1, -0.05) is 11.6 Å². The van der Waals surface area contributed by atoms with E-state index in [2.05, 4.69) is 27.6 Å². The molecule has 0 aliphatic heterocycles. The average molecular weight is 305 g/mol. The number of anilines is 1. The maximum absolute atomic E-state index is 6.03. The van der Waals surface area contributed by atoms with Gasteiger partial charge in [0.25, 0.3) is 0 Å². The van der Waals surface area contributed by atoms with Crippen LogP contribution in [-0.4, -0.2) is 4.98 Å². The van der Waals surface area contributed by atoms with Crippen molar-refractivity contribution in [3.05, 3.63) is 33.0 Å². The van der Waals surface area contributed by atoms with Gasteiger partial charge in [0.2, 0.25) is 0 Å². The highest BCUT2D eigenvalue weighted by Crippen LogP contribution is 2.28. The summed E-state index contributed by atoms with van der Waals surface area (Å²) in [5.74, 6) is 0. The molecular weight excluding hydrogens is 298 g/mol. The van der Waals surface area contributed by atoms with Gasteiger partial charge >= 0.3 is 0 Å². The second-order valence-electron chi connectivity index (χ2n) is 2.69. The fraction of sp³-hybridized carbons (Fsp3) is 0. The molecule has 66 valence electrons. The Morgan fingerprint density at radius 3 is 2.92 bits per heavy atom. The first-order valence-electron chi connectivity index (χ1n) is 3.68. The summed E-state index contributed by atoms with van der Waals surface area (Å²) in [5.41, 5.74) is 7.04. The van der Waals surface area contributed by atoms with E-state index in [-0.39, 0.29) is 0 Å². The third kappa shape index (κ3) is 1.58. The van der Waals surface area contributed by atoms with Gasteiger partial charge in [-0.25, -0.2) is 0 Å². The lowest BCUT2D eigenvalue weighted by atomic mass is 10.2. The highest BCUT2D eigenvalue weighted by atomic mass is 127. The van der Waals surface area contributed by atoms with E-state index in [9.17, 15) is 0 Å². The Morgan fingerprint density at radius 2 is 2.15 bits per heavy atom. The van der Waals surface area contributed by atoms with E-state index >= 15 is 0 Å². The van der Waals surface area contributed by atoms with Gasteiger partial charge in [-0.05, 0) is 40.8 Å². The molecule has 0 spiro atoms. The van der Waals surface area contributed by atoms with Crippen LogP contribution in [0.1, 0.15) is 0 Å². The molecule has 13 heavy (non-hydrogen) atoms. The zero-order chi connectivity index (χ0) is 9.42. The Kier molecular flexibility index (Phi) is 2.29. The number of hydrogen-bond acceptors (Lipinski definition) is 2. The molecule has 0 aliphatic rings. The van der Waals surface area contributed by atoms with E-state index in [1.807, 2.05) is 18.2 Å². The van der Waals surface area contributed by atoms with Crippen molar-refractivity contribution in [3.63, 3.8) is 0 Å². The molecule has 4 heteroatoms. The van der Waals surface area contributed by atoms with E-state index in [1.165, 1.54) is 0 Å². The summed E-state index contributed by atoms with van der Waals surface area (Å²) >= 11 is 8.26. The predicted octanol–water partition coefficient (Wildman–Crippen LogP) is 3.08. The fourth-order valence-corrected chi connectivity index (χ4v) is 1.84. The SMILES string of the molecule is Nc1cnc2ccc(I)cc2c1Cl. The molecule has 0 fully saturated rings. The number of pyridine rings is 1. The van der Waals surface area contributed by atoms with E-state index < -0.39 is 0 Å². The molecule has 0 bridgehead atoms. The minimum Gasteiger partial charge on any atom is -0.396 e. The van der Waals surface area contributed by atoms with E-state index in [4.69, 9.17) is 17.3 Å². The maximum atomic E-state index is 6.03. The average Bonchev–Trinajstić information content (AvgIpc) is 2.12. The van der Waals surface area contributed by atoms with Gasteiger partial charge in [0, 0.05) is 8.96 Å². The monoisotopic (exact) mass is 304 g/mol. The molecule has 0 saturated heterocycles. The van der Waals surface area contributed by atoms with E-state index in [1.54, 1.807) is 6.20 Å². The molecule has 1 aromatic carbocycles. The molecular formula is C9H6ClIN2. The molecule has 2 rings (SSSR count). The van der Waals surface area contributed by atoms with Crippen LogP contribution in [0.25, 0.3) is 10.9 Å². The summed E-state index contributed by atoms with van der Waals surface area (Å²) in [6.45, 7) is 0. The molecule has 1 aromatic heterocycles. The summed E-state index contributed by atoms with van der Waals surface area (Å²) < 4.78 is 1.12. The highest BCUT2D eigenvalue weighted by Gasteiger charge is 2.03. The van der Waals surface area contributed by atoms with Crippen LogP contribution in [-0.2, 0) is 0 Å². The van der Waals surface area contributed by atoms with Crippen molar-refractivity contribution in [1.82, 2.24) is 4.98 Å². The zero-order valence-electron chi connectivity index (χ0n) is 6.59. The van der Waals surface area contributed by atoms with Crippen LogP contribution in [0, 0.1) is 3.57 Å². The lowest BCUT2D eigenvalue weighted by Gasteiger charge is -2.02. The number of hydrogen-bond donors (Lipinski definition) is 1. The molecule has 0 radical (unpaired) electrons. The van der Waals surface area contributed by atoms with Crippen molar-refractivity contribution in [2.75, 3.05) is 5.73 Å². The Bertz CT molecular complexity index is 465. The number of aromatic nitrogens is 1. The third-order valence-electron chi connectivity index (χ3n) is 1.79. The molecule has 0 saturated carbocycles. The first-order valence-corrected chi connectivity index (χ1v) is 5.13. The second kappa shape index (κ2) is 3.31. The van der Waals surface area contributed by atoms with Gasteiger partial charge in [0.1, 0.15) is 0 Å². The summed E-state index contributed by atoms with van der Waals surface area (Å²) in [6, 6.07) is 5.90. The van der Waals surface area contributed by atoms with Crippen LogP contribution in [0.3, 0.4) is 0 Å². The van der Waals surface area contributed by atoms with Crippen molar-refractivity contribution in [1.29, 1.82) is 0 Å². The number of nitrogens with two attached hydrogens (primary N) is 1. The molecule has 0 unspecified atom stereocenters. The number of rotatable bonds is 0. The smallest absolute Gasteiger partial charge is 0.0745 e. The predicted molar refractivity (Wildman–Crippen MR) is 63.9 cm³/mol. The number of fused-ring (bicyclic) bond motifs is 1. The van der Waals surface area contributed by atoms with Gasteiger partial charge in [-0.2, -0.15) is 0 Å². The largest absolute Gasteiger partial charge is 0.396 e. The van der Waals surface area contributed by atoms with Crippen molar-refractivity contribution in [2.24, 2.45) is 0 Å². The molecule has 2 N–H and O–H groups in total. The van der Waals surface area contributed by atoms with Crippen molar-refractivity contribution in [2.45, 2.75) is 0 Å². The summed E-state index contributed by atoms with van der Waals surface area (Å²) in [5, 5.41) is 1.50. The standard InChI is InChI=1S/C9H6ClIN2/c10-9-6-3-5(11)1-2-8(6)13-4-7(9)12/h1-4H,12H2. The summed E-state index contributed by atoms with van der Waals surface area (Å²) in [7, 11) is 0. The Balaban J connectivity index is 2.89. The van der Waals surface area contributed by atoms with Crippen LogP contribution in [0.15, 0.2) is 24.4 Å². The zero-order valence-corrected chi connectivity index (χ0v) is 9.50. The lowest BCUT2D eigenvalue weighted by molar-refractivity contribution is 1.41. The van der Waals surface area contributed by atoms with Crippen LogP contribution in [0.2, 0.25) is 5.02 Å². The van der Waals surface area contributed by atoms with E-state index in [0.29, 0.717) is 10.7 Å². The maximum Gasteiger partial charge on any atom is 0.0745 e. The molecule has 0 atom stereocenters. The van der Waals surface area contributed by atoms with Gasteiger partial charge < -0.3 is 5.73 Å². The van der Waals surface area contributed by atoms with Crippen LogP contribution >= 0.6 is 34.2 Å².